The average Bonchev–Trinajstić information content (AvgIpc) is 2.27. The Morgan fingerprint density at radius 2 is 1.76 bits per heavy atom. The summed E-state index contributed by atoms with van der Waals surface area (Å²) < 4.78 is 20.9. The van der Waals surface area contributed by atoms with Crippen LogP contribution in [0, 0.1) is 0 Å². The Kier molecular flexibility index (Phi) is 4.46. The van der Waals surface area contributed by atoms with Gasteiger partial charge < -0.3 is 4.74 Å². The van der Waals surface area contributed by atoms with Crippen LogP contribution < -0.4 is 4.74 Å². The topological polar surface area (TPSA) is 38.7 Å². The Bertz CT molecular complexity index is 430. The van der Waals surface area contributed by atoms with Crippen molar-refractivity contribution in [3.63, 3.8) is 0 Å². The monoisotopic (exact) mass is 253 g/mol. The van der Waals surface area contributed by atoms with Crippen LogP contribution in [0.5, 0.6) is 5.75 Å². The van der Waals surface area contributed by atoms with Gasteiger partial charge in [0.1, 0.15) is 16.7 Å². The van der Waals surface area contributed by atoms with Gasteiger partial charge in [0.2, 0.25) is 0 Å². The van der Waals surface area contributed by atoms with Crippen molar-refractivity contribution < 1.29 is 8.95 Å². The highest BCUT2D eigenvalue weighted by Gasteiger charge is 2.19. The molecule has 0 saturated heterocycles. The van der Waals surface area contributed by atoms with Crippen LogP contribution in [-0.2, 0) is 11.0 Å². The Morgan fingerprint density at radius 3 is 2.18 bits per heavy atom. The molecule has 17 heavy (non-hydrogen) atoms. The third-order valence-corrected chi connectivity index (χ3v) is 3.74. The van der Waals surface area contributed by atoms with Crippen molar-refractivity contribution in [2.45, 2.75) is 32.4 Å². The number of hydrogen-bond donors (Lipinski definition) is 0. The standard InChI is InChI=1S/C13H19NO2S/c1-10(14-17(15)13(2,3)4)11-6-8-12(16-5)9-7-11/h6-9H,1-5H3. The van der Waals surface area contributed by atoms with Crippen molar-refractivity contribution in [2.75, 3.05) is 7.11 Å². The zero-order valence-electron chi connectivity index (χ0n) is 11.0. The lowest BCUT2D eigenvalue weighted by atomic mass is 10.1. The summed E-state index contributed by atoms with van der Waals surface area (Å²) in [5.41, 5.74) is 1.74. The quantitative estimate of drug-likeness (QED) is 0.777. The van der Waals surface area contributed by atoms with Gasteiger partial charge >= 0.3 is 0 Å². The van der Waals surface area contributed by atoms with Gasteiger partial charge in [0.25, 0.3) is 0 Å². The van der Waals surface area contributed by atoms with Crippen LogP contribution in [-0.4, -0.2) is 21.8 Å². The molecule has 0 saturated carbocycles. The molecule has 0 aliphatic carbocycles. The van der Waals surface area contributed by atoms with Crippen LogP contribution in [0.4, 0.5) is 0 Å². The van der Waals surface area contributed by atoms with Gasteiger partial charge in [-0.05, 0) is 57.5 Å². The SMILES string of the molecule is COc1ccc(C(C)=NS(=O)C(C)(C)C)cc1. The van der Waals surface area contributed by atoms with Gasteiger partial charge in [-0.3, -0.25) is 0 Å². The lowest BCUT2D eigenvalue weighted by Gasteiger charge is -2.14. The zero-order chi connectivity index (χ0) is 13.1. The number of methoxy groups -OCH3 is 1. The highest BCUT2D eigenvalue weighted by molar-refractivity contribution is 7.85. The molecule has 1 atom stereocenters. The van der Waals surface area contributed by atoms with E-state index in [0.29, 0.717) is 0 Å². The molecule has 0 amide bonds. The first kappa shape index (κ1) is 13.9. The molecule has 1 unspecified atom stereocenters. The van der Waals surface area contributed by atoms with Crippen molar-refractivity contribution in [1.29, 1.82) is 0 Å². The van der Waals surface area contributed by atoms with Crippen LogP contribution in [0.2, 0.25) is 0 Å². The van der Waals surface area contributed by atoms with Crippen molar-refractivity contribution in [3.8, 4) is 5.75 Å². The second kappa shape index (κ2) is 5.45. The molecular formula is C13H19NO2S. The third kappa shape index (κ3) is 3.97. The van der Waals surface area contributed by atoms with Crippen molar-refractivity contribution in [3.05, 3.63) is 29.8 Å². The molecular weight excluding hydrogens is 234 g/mol. The summed E-state index contributed by atoms with van der Waals surface area (Å²) >= 11 is 0. The van der Waals surface area contributed by atoms with E-state index in [-0.39, 0.29) is 4.75 Å². The number of benzene rings is 1. The maximum atomic E-state index is 11.9. The predicted molar refractivity (Wildman–Crippen MR) is 73.1 cm³/mol. The van der Waals surface area contributed by atoms with E-state index in [1.807, 2.05) is 52.0 Å². The van der Waals surface area contributed by atoms with E-state index in [1.165, 1.54) is 0 Å². The summed E-state index contributed by atoms with van der Waals surface area (Å²) in [4.78, 5) is 0. The van der Waals surface area contributed by atoms with Gasteiger partial charge in [-0.15, -0.1) is 0 Å². The first-order chi connectivity index (χ1) is 7.84. The predicted octanol–water partition coefficient (Wildman–Crippen LogP) is 2.97. The fraction of sp³-hybridized carbons (Fsp3) is 0.462. The first-order valence-electron chi connectivity index (χ1n) is 5.46. The molecule has 94 valence electrons. The van der Waals surface area contributed by atoms with Crippen LogP contribution in [0.3, 0.4) is 0 Å². The van der Waals surface area contributed by atoms with Crippen LogP contribution in [0.25, 0.3) is 0 Å². The molecule has 0 radical (unpaired) electrons. The Morgan fingerprint density at radius 1 is 1.24 bits per heavy atom. The van der Waals surface area contributed by atoms with Gasteiger partial charge in [-0.1, -0.05) is 0 Å². The van der Waals surface area contributed by atoms with Crippen molar-refractivity contribution >= 4 is 16.7 Å². The molecule has 0 spiro atoms. The number of hydrogen-bond acceptors (Lipinski definition) is 2. The second-order valence-corrected chi connectivity index (χ2v) is 6.67. The molecule has 0 N–H and O–H groups in total. The van der Waals surface area contributed by atoms with Gasteiger partial charge in [-0.25, -0.2) is 4.21 Å². The van der Waals surface area contributed by atoms with Crippen LogP contribution >= 0.6 is 0 Å². The number of ether oxygens (including phenoxy) is 1. The summed E-state index contributed by atoms with van der Waals surface area (Å²) in [7, 11) is 0.411. The minimum Gasteiger partial charge on any atom is -0.497 e. The fourth-order valence-electron chi connectivity index (χ4n) is 1.15. The van der Waals surface area contributed by atoms with E-state index < -0.39 is 11.0 Å². The van der Waals surface area contributed by atoms with E-state index in [1.54, 1.807) is 7.11 Å². The molecule has 0 fully saturated rings. The molecule has 1 aromatic carbocycles. The highest BCUT2D eigenvalue weighted by Crippen LogP contribution is 2.16. The molecule has 1 rings (SSSR count). The molecule has 0 heterocycles. The molecule has 0 bridgehead atoms. The maximum absolute atomic E-state index is 11.9. The summed E-state index contributed by atoms with van der Waals surface area (Å²) in [5.74, 6) is 0.804. The molecule has 4 heteroatoms. The van der Waals surface area contributed by atoms with Gasteiger partial charge in [0, 0.05) is 0 Å². The largest absolute Gasteiger partial charge is 0.497 e. The molecule has 0 aliphatic heterocycles. The first-order valence-corrected chi connectivity index (χ1v) is 6.57. The normalized spacial score (nSPS) is 14.5. The zero-order valence-corrected chi connectivity index (χ0v) is 11.8. The van der Waals surface area contributed by atoms with E-state index in [4.69, 9.17) is 4.74 Å². The lowest BCUT2D eigenvalue weighted by molar-refractivity contribution is 0.415. The van der Waals surface area contributed by atoms with Gasteiger partial charge in [0.15, 0.2) is 0 Å². The minimum absolute atomic E-state index is 0.326. The average molecular weight is 253 g/mol. The number of rotatable bonds is 3. The maximum Gasteiger partial charge on any atom is 0.145 e. The third-order valence-electron chi connectivity index (χ3n) is 2.25. The van der Waals surface area contributed by atoms with Gasteiger partial charge in [-0.2, -0.15) is 4.40 Å². The van der Waals surface area contributed by atoms with E-state index in [0.717, 1.165) is 17.0 Å². The Labute approximate surface area is 106 Å². The molecule has 1 aromatic rings. The van der Waals surface area contributed by atoms with E-state index in [2.05, 4.69) is 4.40 Å². The van der Waals surface area contributed by atoms with E-state index >= 15 is 0 Å². The Hall–Kier alpha value is -1.16. The summed E-state index contributed by atoms with van der Waals surface area (Å²) in [6, 6.07) is 7.57. The van der Waals surface area contributed by atoms with Crippen LogP contribution in [0.1, 0.15) is 33.3 Å². The fourth-order valence-corrected chi connectivity index (χ4v) is 1.77. The van der Waals surface area contributed by atoms with Crippen molar-refractivity contribution in [1.82, 2.24) is 0 Å². The minimum atomic E-state index is -1.22. The van der Waals surface area contributed by atoms with Gasteiger partial charge in [0.05, 0.1) is 17.6 Å². The van der Waals surface area contributed by atoms with Crippen molar-refractivity contribution in [2.24, 2.45) is 4.40 Å². The molecule has 0 aromatic heterocycles. The summed E-state index contributed by atoms with van der Waals surface area (Å²) in [6.07, 6.45) is 0. The summed E-state index contributed by atoms with van der Waals surface area (Å²) in [5, 5.41) is 0. The smallest absolute Gasteiger partial charge is 0.145 e. The second-order valence-electron chi connectivity index (χ2n) is 4.77. The van der Waals surface area contributed by atoms with E-state index in [9.17, 15) is 4.21 Å². The van der Waals surface area contributed by atoms with Crippen LogP contribution in [0.15, 0.2) is 28.7 Å². The molecule has 0 aliphatic rings. The highest BCUT2D eigenvalue weighted by atomic mass is 32.2. The Balaban J connectivity index is 2.92. The number of nitrogens with zero attached hydrogens (tertiary/aromatic N) is 1. The lowest BCUT2D eigenvalue weighted by Crippen LogP contribution is -2.20. The summed E-state index contributed by atoms with van der Waals surface area (Å²) in [6.45, 7) is 7.60. The molecule has 3 nitrogen and oxygen atoms in total.